The monoisotopic (exact) mass is 363 g/mol. The molecule has 0 aliphatic rings. The highest BCUT2D eigenvalue weighted by Crippen LogP contribution is 2.26. The summed E-state index contributed by atoms with van der Waals surface area (Å²) >= 11 is 3.45. The second kappa shape index (κ2) is 7.43. The summed E-state index contributed by atoms with van der Waals surface area (Å²) in [6, 6.07) is 5.71. The third kappa shape index (κ3) is 4.75. The Kier molecular flexibility index (Phi) is 6.48. The first kappa shape index (κ1) is 17.5. The Morgan fingerprint density at radius 1 is 1.40 bits per heavy atom. The van der Waals surface area contributed by atoms with Crippen LogP contribution in [0.3, 0.4) is 0 Å². The number of hydrogen-bond donors (Lipinski definition) is 1. The summed E-state index contributed by atoms with van der Waals surface area (Å²) < 4.78 is 29.5. The second-order valence-corrected chi connectivity index (χ2v) is 8.13. The minimum atomic E-state index is -3.07. The van der Waals surface area contributed by atoms with Gasteiger partial charge in [0, 0.05) is 12.3 Å². The van der Waals surface area contributed by atoms with E-state index in [-0.39, 0.29) is 6.04 Å². The Hall–Kier alpha value is -0.590. The molecule has 0 amide bonds. The van der Waals surface area contributed by atoms with E-state index in [1.54, 1.807) is 14.0 Å². The molecule has 0 radical (unpaired) electrons. The summed E-state index contributed by atoms with van der Waals surface area (Å²) in [5, 5.41) is 2.83. The Bertz CT molecular complexity index is 545. The van der Waals surface area contributed by atoms with Crippen molar-refractivity contribution in [1.29, 1.82) is 0 Å². The van der Waals surface area contributed by atoms with Crippen molar-refractivity contribution in [3.05, 3.63) is 28.2 Å². The number of ether oxygens (including phenoxy) is 1. The summed E-state index contributed by atoms with van der Waals surface area (Å²) in [7, 11) is -1.45. The first-order valence-corrected chi connectivity index (χ1v) is 9.29. The third-order valence-corrected chi connectivity index (χ3v) is 5.68. The lowest BCUT2D eigenvalue weighted by Gasteiger charge is -2.24. The van der Waals surface area contributed by atoms with E-state index in [0.29, 0.717) is 6.42 Å². The van der Waals surface area contributed by atoms with Crippen molar-refractivity contribution in [2.45, 2.75) is 31.6 Å². The molecule has 1 N–H and O–H groups in total. The van der Waals surface area contributed by atoms with E-state index in [1.165, 1.54) is 6.26 Å². The second-order valence-electron chi connectivity index (χ2n) is 4.87. The smallest absolute Gasteiger partial charge is 0.151 e. The molecule has 0 aliphatic heterocycles. The lowest BCUT2D eigenvalue weighted by molar-refractivity contribution is 0.411. The molecule has 0 heterocycles. The molecule has 2 unspecified atom stereocenters. The minimum Gasteiger partial charge on any atom is -0.496 e. The maximum absolute atomic E-state index is 11.7. The van der Waals surface area contributed by atoms with Crippen LogP contribution in [0.5, 0.6) is 5.75 Å². The first-order valence-electron chi connectivity index (χ1n) is 6.54. The van der Waals surface area contributed by atoms with Gasteiger partial charge in [0.1, 0.15) is 5.75 Å². The standard InChI is InChI=1S/C14H22BrNO3S/c1-5-16-13(10(2)20(4,17)18)9-11-6-7-14(19-3)12(15)8-11/h6-8,10,13,16H,5,9H2,1-4H3. The molecule has 0 aromatic heterocycles. The van der Waals surface area contributed by atoms with Crippen molar-refractivity contribution in [2.24, 2.45) is 0 Å². The fourth-order valence-electron chi connectivity index (χ4n) is 2.06. The van der Waals surface area contributed by atoms with Gasteiger partial charge in [-0.15, -0.1) is 0 Å². The molecule has 0 bridgehead atoms. The molecule has 0 aliphatic carbocycles. The molecule has 2 atom stereocenters. The number of sulfone groups is 1. The Labute approximate surface area is 130 Å². The van der Waals surface area contributed by atoms with Crippen molar-refractivity contribution < 1.29 is 13.2 Å². The highest BCUT2D eigenvalue weighted by atomic mass is 79.9. The van der Waals surface area contributed by atoms with Gasteiger partial charge >= 0.3 is 0 Å². The Morgan fingerprint density at radius 2 is 2.05 bits per heavy atom. The van der Waals surface area contributed by atoms with Crippen LogP contribution >= 0.6 is 15.9 Å². The van der Waals surface area contributed by atoms with Gasteiger partial charge in [0.25, 0.3) is 0 Å². The summed E-state index contributed by atoms with van der Waals surface area (Å²) in [5.41, 5.74) is 1.07. The maximum atomic E-state index is 11.7. The zero-order valence-electron chi connectivity index (χ0n) is 12.3. The molecule has 0 saturated heterocycles. The average molecular weight is 364 g/mol. The molecule has 0 spiro atoms. The molecular weight excluding hydrogens is 342 g/mol. The lowest BCUT2D eigenvalue weighted by Crippen LogP contribution is -2.43. The number of methoxy groups -OCH3 is 1. The van der Waals surface area contributed by atoms with E-state index in [2.05, 4.69) is 21.2 Å². The summed E-state index contributed by atoms with van der Waals surface area (Å²) in [6.07, 6.45) is 1.94. The van der Waals surface area contributed by atoms with Crippen LogP contribution in [0.2, 0.25) is 0 Å². The number of halogens is 1. The number of benzene rings is 1. The average Bonchev–Trinajstić information content (AvgIpc) is 2.36. The highest BCUT2D eigenvalue weighted by Gasteiger charge is 2.25. The quantitative estimate of drug-likeness (QED) is 0.807. The minimum absolute atomic E-state index is 0.102. The van der Waals surface area contributed by atoms with E-state index >= 15 is 0 Å². The van der Waals surface area contributed by atoms with Crippen LogP contribution in [0.25, 0.3) is 0 Å². The summed E-state index contributed by atoms with van der Waals surface area (Å²) in [6.45, 7) is 4.47. The van der Waals surface area contributed by atoms with Crippen molar-refractivity contribution in [1.82, 2.24) is 5.32 Å². The zero-order chi connectivity index (χ0) is 15.3. The lowest BCUT2D eigenvalue weighted by atomic mass is 10.0. The van der Waals surface area contributed by atoms with Gasteiger partial charge in [-0.25, -0.2) is 8.42 Å². The van der Waals surface area contributed by atoms with Crippen LogP contribution in [0, 0.1) is 0 Å². The molecule has 1 aromatic carbocycles. The third-order valence-electron chi connectivity index (χ3n) is 3.38. The number of likely N-dealkylation sites (N-methyl/N-ethyl adjacent to an activating group) is 1. The summed E-state index contributed by atoms with van der Waals surface area (Å²) in [4.78, 5) is 0. The van der Waals surface area contributed by atoms with E-state index in [1.807, 2.05) is 25.1 Å². The SMILES string of the molecule is CCNC(Cc1ccc(OC)c(Br)c1)C(C)S(C)(=O)=O. The van der Waals surface area contributed by atoms with Crippen molar-refractivity contribution >= 4 is 25.8 Å². The van der Waals surface area contributed by atoms with E-state index in [9.17, 15) is 8.42 Å². The van der Waals surface area contributed by atoms with Crippen LogP contribution in [0.1, 0.15) is 19.4 Å². The predicted octanol–water partition coefficient (Wildman–Crippen LogP) is 2.41. The molecule has 0 saturated carbocycles. The van der Waals surface area contributed by atoms with Crippen LogP contribution in [0.15, 0.2) is 22.7 Å². The van der Waals surface area contributed by atoms with Crippen LogP contribution < -0.4 is 10.1 Å². The van der Waals surface area contributed by atoms with Gasteiger partial charge in [-0.2, -0.15) is 0 Å². The molecular formula is C14H22BrNO3S. The van der Waals surface area contributed by atoms with Crippen LogP contribution in [-0.4, -0.2) is 39.6 Å². The maximum Gasteiger partial charge on any atom is 0.151 e. The molecule has 114 valence electrons. The fraction of sp³-hybridized carbons (Fsp3) is 0.571. The number of rotatable bonds is 7. The van der Waals surface area contributed by atoms with Gasteiger partial charge in [-0.1, -0.05) is 13.0 Å². The van der Waals surface area contributed by atoms with Gasteiger partial charge < -0.3 is 10.1 Å². The van der Waals surface area contributed by atoms with Crippen molar-refractivity contribution in [2.75, 3.05) is 19.9 Å². The van der Waals surface area contributed by atoms with E-state index in [0.717, 1.165) is 22.3 Å². The number of hydrogen-bond acceptors (Lipinski definition) is 4. The highest BCUT2D eigenvalue weighted by molar-refractivity contribution is 9.10. The molecule has 1 aromatic rings. The fourth-order valence-corrected chi connectivity index (χ4v) is 3.43. The van der Waals surface area contributed by atoms with Gasteiger partial charge in [0.2, 0.25) is 0 Å². The molecule has 4 nitrogen and oxygen atoms in total. The molecule has 20 heavy (non-hydrogen) atoms. The largest absolute Gasteiger partial charge is 0.496 e. The predicted molar refractivity (Wildman–Crippen MR) is 86.2 cm³/mol. The van der Waals surface area contributed by atoms with Crippen molar-refractivity contribution in [3.63, 3.8) is 0 Å². The number of nitrogens with one attached hydrogen (secondary N) is 1. The Balaban J connectivity index is 2.93. The summed E-state index contributed by atoms with van der Waals surface area (Å²) in [5.74, 6) is 0.768. The van der Waals surface area contributed by atoms with E-state index in [4.69, 9.17) is 4.74 Å². The van der Waals surface area contributed by atoms with Crippen LogP contribution in [0.4, 0.5) is 0 Å². The Morgan fingerprint density at radius 3 is 2.50 bits per heavy atom. The van der Waals surface area contributed by atoms with E-state index < -0.39 is 15.1 Å². The zero-order valence-corrected chi connectivity index (χ0v) is 14.7. The molecule has 1 rings (SSSR count). The molecule has 6 heteroatoms. The van der Waals surface area contributed by atoms with Crippen LogP contribution in [-0.2, 0) is 16.3 Å². The van der Waals surface area contributed by atoms with Crippen molar-refractivity contribution in [3.8, 4) is 5.75 Å². The normalized spacial score (nSPS) is 14.8. The van der Waals surface area contributed by atoms with Gasteiger partial charge in [-0.3, -0.25) is 0 Å². The topological polar surface area (TPSA) is 55.4 Å². The molecule has 0 fully saturated rings. The van der Waals surface area contributed by atoms with Gasteiger partial charge in [0.15, 0.2) is 9.84 Å². The first-order chi connectivity index (χ1) is 9.29. The van der Waals surface area contributed by atoms with Gasteiger partial charge in [-0.05, 0) is 53.5 Å². The van der Waals surface area contributed by atoms with Gasteiger partial charge in [0.05, 0.1) is 16.8 Å².